The summed E-state index contributed by atoms with van der Waals surface area (Å²) in [5.74, 6) is 0.0177. The highest BCUT2D eigenvalue weighted by atomic mass is 16.6. The van der Waals surface area contributed by atoms with Crippen LogP contribution in [0.5, 0.6) is 5.75 Å². The van der Waals surface area contributed by atoms with Gasteiger partial charge >= 0.3 is 11.6 Å². The van der Waals surface area contributed by atoms with E-state index in [9.17, 15) is 9.59 Å². The number of methoxy groups -OCH3 is 1. The second kappa shape index (κ2) is 7.66. The summed E-state index contributed by atoms with van der Waals surface area (Å²) in [4.78, 5) is 24.2. The predicted molar refractivity (Wildman–Crippen MR) is 103 cm³/mol. The van der Waals surface area contributed by atoms with Gasteiger partial charge in [0.2, 0.25) is 0 Å². The van der Waals surface area contributed by atoms with Gasteiger partial charge < -0.3 is 13.9 Å². The molecule has 1 heterocycles. The number of hydrogen-bond donors (Lipinski definition) is 0. The van der Waals surface area contributed by atoms with E-state index >= 15 is 0 Å². The third-order valence-corrected chi connectivity index (χ3v) is 4.71. The molecular formula is C22H22O5. The summed E-state index contributed by atoms with van der Waals surface area (Å²) in [5.41, 5.74) is 3.38. The van der Waals surface area contributed by atoms with Crippen molar-refractivity contribution in [1.82, 2.24) is 0 Å². The number of hydrogen-bond acceptors (Lipinski definition) is 5. The van der Waals surface area contributed by atoms with Crippen molar-refractivity contribution in [1.29, 1.82) is 0 Å². The number of fused-ring (bicyclic) bond motifs is 1. The molecule has 0 unspecified atom stereocenters. The lowest BCUT2D eigenvalue weighted by atomic mass is 9.98. The highest BCUT2D eigenvalue weighted by Crippen LogP contribution is 2.30. The molecule has 0 saturated heterocycles. The summed E-state index contributed by atoms with van der Waals surface area (Å²) >= 11 is 0. The van der Waals surface area contributed by atoms with Gasteiger partial charge in [-0.3, -0.25) is 0 Å². The van der Waals surface area contributed by atoms with Crippen molar-refractivity contribution < 1.29 is 18.7 Å². The maximum Gasteiger partial charge on any atom is 0.346 e. The van der Waals surface area contributed by atoms with E-state index in [1.807, 2.05) is 43.3 Å². The second-order valence-corrected chi connectivity index (χ2v) is 6.50. The molecule has 0 aliphatic rings. The van der Waals surface area contributed by atoms with Gasteiger partial charge in [0.1, 0.15) is 11.3 Å². The first-order chi connectivity index (χ1) is 12.9. The second-order valence-electron chi connectivity index (χ2n) is 6.50. The molecule has 0 saturated carbocycles. The Balaban J connectivity index is 2.04. The molecular weight excluding hydrogens is 344 g/mol. The van der Waals surface area contributed by atoms with Crippen LogP contribution in [0.2, 0.25) is 0 Å². The molecule has 3 rings (SSSR count). The largest absolute Gasteiger partial charge is 0.479 e. The van der Waals surface area contributed by atoms with Gasteiger partial charge in [0.15, 0.2) is 6.10 Å². The Morgan fingerprint density at radius 1 is 1.07 bits per heavy atom. The molecule has 0 aliphatic heterocycles. The van der Waals surface area contributed by atoms with E-state index in [1.54, 1.807) is 19.9 Å². The lowest BCUT2D eigenvalue weighted by molar-refractivity contribution is -0.147. The van der Waals surface area contributed by atoms with Crippen molar-refractivity contribution in [2.45, 2.75) is 33.3 Å². The third kappa shape index (κ3) is 3.72. The molecule has 0 fully saturated rings. The van der Waals surface area contributed by atoms with Crippen LogP contribution in [0.25, 0.3) is 11.0 Å². The van der Waals surface area contributed by atoms with E-state index in [0.717, 1.165) is 16.5 Å². The van der Waals surface area contributed by atoms with Crippen LogP contribution < -0.4 is 10.4 Å². The molecule has 0 amide bonds. The van der Waals surface area contributed by atoms with E-state index in [0.29, 0.717) is 28.9 Å². The molecule has 27 heavy (non-hydrogen) atoms. The van der Waals surface area contributed by atoms with Gasteiger partial charge in [-0.25, -0.2) is 9.59 Å². The lowest BCUT2D eigenvalue weighted by Crippen LogP contribution is -2.25. The van der Waals surface area contributed by atoms with Crippen LogP contribution >= 0.6 is 0 Å². The number of carbonyl (C=O) groups is 1. The van der Waals surface area contributed by atoms with Crippen LogP contribution in [0.1, 0.15) is 29.2 Å². The number of ether oxygens (including phenoxy) is 2. The highest BCUT2D eigenvalue weighted by Gasteiger charge is 2.19. The lowest BCUT2D eigenvalue weighted by Gasteiger charge is -2.16. The molecule has 5 heteroatoms. The van der Waals surface area contributed by atoms with E-state index in [1.165, 1.54) is 7.11 Å². The molecule has 0 aliphatic carbocycles. The monoisotopic (exact) mass is 366 g/mol. The normalized spacial score (nSPS) is 12.0. The predicted octanol–water partition coefficient (Wildman–Crippen LogP) is 3.94. The van der Waals surface area contributed by atoms with Crippen LogP contribution in [0.15, 0.2) is 51.7 Å². The molecule has 0 N–H and O–H groups in total. The summed E-state index contributed by atoms with van der Waals surface area (Å²) in [7, 11) is 1.31. The van der Waals surface area contributed by atoms with E-state index in [-0.39, 0.29) is 5.63 Å². The summed E-state index contributed by atoms with van der Waals surface area (Å²) < 4.78 is 16.0. The zero-order valence-electron chi connectivity index (χ0n) is 15.9. The van der Waals surface area contributed by atoms with Crippen LogP contribution in [-0.2, 0) is 16.0 Å². The highest BCUT2D eigenvalue weighted by molar-refractivity contribution is 5.86. The maximum absolute atomic E-state index is 12.6. The standard InChI is InChI=1S/C22H22O5/c1-13-17-10-11-19(26-15(3)21(23)25-4)14(2)20(17)27-22(24)18(13)12-16-8-6-5-7-9-16/h5-11,15H,12H2,1-4H3/t15-/m1/s1. The Hall–Kier alpha value is -3.08. The Morgan fingerprint density at radius 3 is 2.44 bits per heavy atom. The number of rotatable bonds is 5. The van der Waals surface area contributed by atoms with Gasteiger partial charge in [-0.15, -0.1) is 0 Å². The summed E-state index contributed by atoms with van der Waals surface area (Å²) in [6.07, 6.45) is -0.238. The minimum absolute atomic E-state index is 0.356. The number of aryl methyl sites for hydroxylation is 2. The molecule has 0 bridgehead atoms. The average Bonchev–Trinajstić information content (AvgIpc) is 2.67. The van der Waals surface area contributed by atoms with Crippen molar-refractivity contribution in [3.05, 3.63) is 75.1 Å². The maximum atomic E-state index is 12.6. The summed E-state index contributed by atoms with van der Waals surface area (Å²) in [5, 5.41) is 0.858. The SMILES string of the molecule is COC(=O)[C@@H](C)Oc1ccc2c(C)c(Cc3ccccc3)c(=O)oc2c1C. The molecule has 1 aromatic heterocycles. The van der Waals surface area contributed by atoms with Gasteiger partial charge in [-0.05, 0) is 44.0 Å². The topological polar surface area (TPSA) is 65.7 Å². The molecule has 140 valence electrons. The van der Waals surface area contributed by atoms with Crippen LogP contribution in [0.3, 0.4) is 0 Å². The van der Waals surface area contributed by atoms with Gasteiger partial charge in [0.25, 0.3) is 0 Å². The fourth-order valence-corrected chi connectivity index (χ4v) is 3.11. The van der Waals surface area contributed by atoms with Crippen molar-refractivity contribution in [3.8, 4) is 5.75 Å². The van der Waals surface area contributed by atoms with Crippen molar-refractivity contribution in [2.75, 3.05) is 7.11 Å². The van der Waals surface area contributed by atoms with Crippen molar-refractivity contribution >= 4 is 16.9 Å². The van der Waals surface area contributed by atoms with Gasteiger partial charge in [-0.1, -0.05) is 30.3 Å². The Labute approximate surface area is 157 Å². The Kier molecular flexibility index (Phi) is 5.31. The minimum atomic E-state index is -0.753. The molecule has 3 aromatic rings. The third-order valence-electron chi connectivity index (χ3n) is 4.71. The fraction of sp³-hybridized carbons (Fsp3) is 0.273. The van der Waals surface area contributed by atoms with Crippen molar-refractivity contribution in [3.63, 3.8) is 0 Å². The van der Waals surface area contributed by atoms with Crippen LogP contribution in [0.4, 0.5) is 0 Å². The summed E-state index contributed by atoms with van der Waals surface area (Å²) in [6.45, 7) is 5.34. The first kappa shape index (κ1) is 18.7. The Morgan fingerprint density at radius 2 is 1.78 bits per heavy atom. The number of esters is 1. The zero-order chi connectivity index (χ0) is 19.6. The van der Waals surface area contributed by atoms with E-state index < -0.39 is 12.1 Å². The molecule has 1 atom stereocenters. The number of benzene rings is 2. The van der Waals surface area contributed by atoms with Crippen LogP contribution in [0, 0.1) is 13.8 Å². The molecule has 2 aromatic carbocycles. The molecule has 0 spiro atoms. The fourth-order valence-electron chi connectivity index (χ4n) is 3.11. The van der Waals surface area contributed by atoms with Gasteiger partial charge in [0, 0.05) is 22.9 Å². The number of carbonyl (C=O) groups excluding carboxylic acids is 1. The van der Waals surface area contributed by atoms with Crippen molar-refractivity contribution in [2.24, 2.45) is 0 Å². The smallest absolute Gasteiger partial charge is 0.346 e. The van der Waals surface area contributed by atoms with Crippen LogP contribution in [-0.4, -0.2) is 19.2 Å². The van der Waals surface area contributed by atoms with Gasteiger partial charge in [-0.2, -0.15) is 0 Å². The quantitative estimate of drug-likeness (QED) is 0.505. The summed E-state index contributed by atoms with van der Waals surface area (Å²) in [6, 6.07) is 13.5. The van der Waals surface area contributed by atoms with E-state index in [4.69, 9.17) is 9.15 Å². The van der Waals surface area contributed by atoms with E-state index in [2.05, 4.69) is 4.74 Å². The van der Waals surface area contributed by atoms with Gasteiger partial charge in [0.05, 0.1) is 7.11 Å². The zero-order valence-corrected chi connectivity index (χ0v) is 15.9. The molecule has 0 radical (unpaired) electrons. The average molecular weight is 366 g/mol. The Bertz CT molecular complexity index is 1030. The minimum Gasteiger partial charge on any atom is -0.479 e. The first-order valence-electron chi connectivity index (χ1n) is 8.76. The molecule has 5 nitrogen and oxygen atoms in total. The first-order valence-corrected chi connectivity index (χ1v) is 8.76.